The zero-order valence-corrected chi connectivity index (χ0v) is 9.36. The Kier molecular flexibility index (Phi) is 4.34. The molecule has 4 heteroatoms. The van der Waals surface area contributed by atoms with E-state index < -0.39 is 5.91 Å². The summed E-state index contributed by atoms with van der Waals surface area (Å²) in [5.41, 5.74) is 0.930. The Morgan fingerprint density at radius 3 is 2.56 bits per heavy atom. The fourth-order valence-corrected chi connectivity index (χ4v) is 1.18. The summed E-state index contributed by atoms with van der Waals surface area (Å²) in [4.78, 5) is 10.7. The number of rotatable bonds is 4. The van der Waals surface area contributed by atoms with Crippen LogP contribution in [-0.4, -0.2) is 12.0 Å². The molecule has 16 heavy (non-hydrogen) atoms. The zero-order valence-electron chi connectivity index (χ0n) is 9.36. The maximum atomic E-state index is 10.7. The van der Waals surface area contributed by atoms with E-state index in [4.69, 9.17) is 10.00 Å². The summed E-state index contributed by atoms with van der Waals surface area (Å²) in [6, 6.07) is 8.89. The lowest BCUT2D eigenvalue weighted by Crippen LogP contribution is -2.20. The van der Waals surface area contributed by atoms with Gasteiger partial charge >= 0.3 is 5.91 Å². The maximum Gasteiger partial charge on any atom is 0.322 e. The third-order valence-electron chi connectivity index (χ3n) is 1.85. The molecule has 0 spiro atoms. The molecule has 0 fully saturated rings. The van der Waals surface area contributed by atoms with E-state index in [0.29, 0.717) is 6.54 Å². The number of hydrogen-bond donors (Lipinski definition) is 1. The minimum Gasteiger partial charge on any atom is -0.491 e. The second-order valence-electron chi connectivity index (χ2n) is 3.61. The van der Waals surface area contributed by atoms with Crippen LogP contribution in [0.15, 0.2) is 24.3 Å². The van der Waals surface area contributed by atoms with Gasteiger partial charge in [-0.2, -0.15) is 5.26 Å². The number of amides is 1. The summed E-state index contributed by atoms with van der Waals surface area (Å²) >= 11 is 0. The Morgan fingerprint density at radius 2 is 2.06 bits per heavy atom. The summed E-state index contributed by atoms with van der Waals surface area (Å²) < 4.78 is 5.48. The first kappa shape index (κ1) is 12.1. The second kappa shape index (κ2) is 5.76. The topological polar surface area (TPSA) is 62.1 Å². The molecule has 4 nitrogen and oxygen atoms in total. The normalized spacial score (nSPS) is 9.62. The average Bonchev–Trinajstić information content (AvgIpc) is 2.27. The fraction of sp³-hybridized carbons (Fsp3) is 0.333. The Labute approximate surface area is 94.8 Å². The lowest BCUT2D eigenvalue weighted by atomic mass is 10.2. The van der Waals surface area contributed by atoms with Crippen molar-refractivity contribution >= 4 is 5.91 Å². The first-order chi connectivity index (χ1) is 7.61. The molecule has 0 aliphatic carbocycles. The van der Waals surface area contributed by atoms with E-state index in [0.717, 1.165) is 11.3 Å². The van der Waals surface area contributed by atoms with Gasteiger partial charge in [0.05, 0.1) is 6.10 Å². The van der Waals surface area contributed by atoms with Crippen LogP contribution in [0.2, 0.25) is 0 Å². The third-order valence-corrected chi connectivity index (χ3v) is 1.85. The van der Waals surface area contributed by atoms with Crippen LogP contribution in [0.1, 0.15) is 19.4 Å². The molecule has 0 atom stereocenters. The lowest BCUT2D eigenvalue weighted by molar-refractivity contribution is -0.116. The van der Waals surface area contributed by atoms with Crippen molar-refractivity contribution in [3.05, 3.63) is 29.8 Å². The van der Waals surface area contributed by atoms with Crippen molar-refractivity contribution in [2.24, 2.45) is 0 Å². The average molecular weight is 218 g/mol. The maximum absolute atomic E-state index is 10.7. The van der Waals surface area contributed by atoms with Crippen LogP contribution in [0.4, 0.5) is 0 Å². The molecule has 0 heterocycles. The van der Waals surface area contributed by atoms with Crippen LogP contribution < -0.4 is 10.1 Å². The Hall–Kier alpha value is -2.02. The molecular formula is C12H14N2O2. The highest BCUT2D eigenvalue weighted by Crippen LogP contribution is 2.13. The van der Waals surface area contributed by atoms with Gasteiger partial charge in [0.25, 0.3) is 0 Å². The summed E-state index contributed by atoms with van der Waals surface area (Å²) in [6.45, 7) is 4.27. The van der Waals surface area contributed by atoms with Crippen molar-refractivity contribution < 1.29 is 9.53 Å². The van der Waals surface area contributed by atoms with Gasteiger partial charge in [-0.1, -0.05) is 12.1 Å². The largest absolute Gasteiger partial charge is 0.491 e. The van der Waals surface area contributed by atoms with Crippen molar-refractivity contribution in [3.8, 4) is 11.8 Å². The standard InChI is InChI=1S/C12H14N2O2/c1-9(2)16-11-5-3-10(4-6-11)8-14-12(15)7-13/h3-6,9H,8H2,1-2H3,(H,14,15). The molecular weight excluding hydrogens is 204 g/mol. The van der Waals surface area contributed by atoms with Gasteiger partial charge in [0.1, 0.15) is 5.75 Å². The van der Waals surface area contributed by atoms with E-state index in [-0.39, 0.29) is 6.10 Å². The molecule has 1 rings (SSSR count). The van der Waals surface area contributed by atoms with Gasteiger partial charge in [0.2, 0.25) is 0 Å². The van der Waals surface area contributed by atoms with Crippen LogP contribution in [0, 0.1) is 11.3 Å². The summed E-state index contributed by atoms with van der Waals surface area (Å²) in [5, 5.41) is 10.7. The predicted octanol–water partition coefficient (Wildman–Crippen LogP) is 1.61. The molecule has 0 aromatic heterocycles. The number of hydrogen-bond acceptors (Lipinski definition) is 3. The quantitative estimate of drug-likeness (QED) is 0.781. The van der Waals surface area contributed by atoms with Crippen molar-refractivity contribution in [3.63, 3.8) is 0 Å². The van der Waals surface area contributed by atoms with E-state index in [9.17, 15) is 4.79 Å². The number of ether oxygens (including phenoxy) is 1. The molecule has 84 valence electrons. The number of nitrogens with zero attached hydrogens (tertiary/aromatic N) is 1. The first-order valence-electron chi connectivity index (χ1n) is 5.05. The van der Waals surface area contributed by atoms with Crippen LogP contribution in [0.3, 0.4) is 0 Å². The number of carbonyl (C=O) groups is 1. The molecule has 0 radical (unpaired) electrons. The monoisotopic (exact) mass is 218 g/mol. The smallest absolute Gasteiger partial charge is 0.322 e. The van der Waals surface area contributed by atoms with Crippen molar-refractivity contribution in [2.45, 2.75) is 26.5 Å². The van der Waals surface area contributed by atoms with E-state index in [1.807, 2.05) is 38.1 Å². The summed E-state index contributed by atoms with van der Waals surface area (Å²) in [7, 11) is 0. The van der Waals surface area contributed by atoms with E-state index in [1.165, 1.54) is 6.07 Å². The lowest BCUT2D eigenvalue weighted by Gasteiger charge is -2.09. The van der Waals surface area contributed by atoms with Crippen LogP contribution >= 0.6 is 0 Å². The van der Waals surface area contributed by atoms with Gasteiger partial charge in [0.15, 0.2) is 6.07 Å². The van der Waals surface area contributed by atoms with Crippen LogP contribution in [0.25, 0.3) is 0 Å². The molecule has 1 amide bonds. The number of nitrogens with one attached hydrogen (secondary N) is 1. The molecule has 0 saturated heterocycles. The van der Waals surface area contributed by atoms with Gasteiger partial charge in [-0.15, -0.1) is 0 Å². The number of benzene rings is 1. The van der Waals surface area contributed by atoms with E-state index >= 15 is 0 Å². The highest BCUT2D eigenvalue weighted by Gasteiger charge is 2.00. The predicted molar refractivity (Wildman–Crippen MR) is 59.7 cm³/mol. The molecule has 0 saturated carbocycles. The third kappa shape index (κ3) is 4.01. The van der Waals surface area contributed by atoms with Gasteiger partial charge < -0.3 is 10.1 Å². The molecule has 0 aliphatic heterocycles. The van der Waals surface area contributed by atoms with Gasteiger partial charge in [-0.25, -0.2) is 0 Å². The van der Waals surface area contributed by atoms with Gasteiger partial charge in [0, 0.05) is 6.54 Å². The highest BCUT2D eigenvalue weighted by molar-refractivity contribution is 5.91. The Morgan fingerprint density at radius 1 is 1.44 bits per heavy atom. The van der Waals surface area contributed by atoms with Crippen molar-refractivity contribution in [1.82, 2.24) is 5.32 Å². The van der Waals surface area contributed by atoms with E-state index in [2.05, 4.69) is 5.32 Å². The van der Waals surface area contributed by atoms with Crippen LogP contribution in [0.5, 0.6) is 5.75 Å². The zero-order chi connectivity index (χ0) is 12.0. The molecule has 1 aromatic carbocycles. The van der Waals surface area contributed by atoms with Crippen molar-refractivity contribution in [2.75, 3.05) is 0 Å². The number of nitriles is 1. The molecule has 1 N–H and O–H groups in total. The van der Waals surface area contributed by atoms with Crippen molar-refractivity contribution in [1.29, 1.82) is 5.26 Å². The SMILES string of the molecule is CC(C)Oc1ccc(CNC(=O)C#N)cc1. The summed E-state index contributed by atoms with van der Waals surface area (Å²) in [6.07, 6.45) is 0.143. The molecule has 0 bridgehead atoms. The van der Waals surface area contributed by atoms with E-state index in [1.54, 1.807) is 0 Å². The molecule has 1 aromatic rings. The molecule has 0 unspecified atom stereocenters. The fourth-order valence-electron chi connectivity index (χ4n) is 1.18. The second-order valence-corrected chi connectivity index (χ2v) is 3.61. The Balaban J connectivity index is 2.52. The summed E-state index contributed by atoms with van der Waals surface area (Å²) in [5.74, 6) is 0.174. The van der Waals surface area contributed by atoms with Gasteiger partial charge in [-0.3, -0.25) is 4.79 Å². The van der Waals surface area contributed by atoms with Gasteiger partial charge in [-0.05, 0) is 31.5 Å². The molecule has 0 aliphatic rings. The first-order valence-corrected chi connectivity index (χ1v) is 5.05. The Bertz CT molecular complexity index is 390. The van der Waals surface area contributed by atoms with Crippen LogP contribution in [-0.2, 0) is 11.3 Å². The highest BCUT2D eigenvalue weighted by atomic mass is 16.5. The minimum absolute atomic E-state index is 0.143. The minimum atomic E-state index is -0.623. The number of carbonyl (C=O) groups excluding carboxylic acids is 1.